The van der Waals surface area contributed by atoms with E-state index in [0.29, 0.717) is 12.1 Å². The van der Waals surface area contributed by atoms with E-state index in [9.17, 15) is 0 Å². The van der Waals surface area contributed by atoms with Crippen molar-refractivity contribution >= 4 is 28.8 Å². The van der Waals surface area contributed by atoms with Gasteiger partial charge in [0.25, 0.3) is 0 Å². The van der Waals surface area contributed by atoms with E-state index >= 15 is 0 Å². The lowest BCUT2D eigenvalue weighted by Crippen LogP contribution is -2.16. The highest BCUT2D eigenvalue weighted by Crippen LogP contribution is 2.29. The zero-order valence-corrected chi connectivity index (χ0v) is 10.3. The van der Waals surface area contributed by atoms with Crippen LogP contribution >= 0.6 is 11.8 Å². The summed E-state index contributed by atoms with van der Waals surface area (Å²) in [6, 6.07) is 0. The Morgan fingerprint density at radius 2 is 2.35 bits per heavy atom. The Bertz CT molecular complexity index is 522. The van der Waals surface area contributed by atoms with Crippen molar-refractivity contribution in [2.45, 2.75) is 30.0 Å². The molecule has 2 heterocycles. The molecule has 0 aromatic carbocycles. The first-order valence-electron chi connectivity index (χ1n) is 5.34. The maximum atomic E-state index is 7.34. The number of nitrogens with two attached hydrogens (primary N) is 1. The minimum absolute atomic E-state index is 0.208. The van der Waals surface area contributed by atoms with E-state index < -0.39 is 0 Å². The van der Waals surface area contributed by atoms with Crippen molar-refractivity contribution in [1.29, 1.82) is 5.41 Å². The minimum Gasteiger partial charge on any atom is -0.388 e. The quantitative estimate of drug-likeness (QED) is 0.323. The van der Waals surface area contributed by atoms with Gasteiger partial charge in [0.05, 0.1) is 12.2 Å². The van der Waals surface area contributed by atoms with Gasteiger partial charge in [-0.05, 0) is 6.42 Å². The average molecular weight is 250 g/mol. The minimum atomic E-state index is 0.208. The van der Waals surface area contributed by atoms with E-state index in [2.05, 4.69) is 26.9 Å². The smallest absolute Gasteiger partial charge is 0.181 e. The summed E-state index contributed by atoms with van der Waals surface area (Å²) in [7, 11) is 0. The Labute approximate surface area is 103 Å². The van der Waals surface area contributed by atoms with E-state index in [1.165, 1.54) is 6.33 Å². The van der Waals surface area contributed by atoms with Crippen LogP contribution in [0.15, 0.2) is 17.7 Å². The van der Waals surface area contributed by atoms with Crippen LogP contribution in [0.4, 0.5) is 0 Å². The second kappa shape index (κ2) is 5.13. The van der Waals surface area contributed by atoms with E-state index in [4.69, 9.17) is 11.1 Å². The summed E-state index contributed by atoms with van der Waals surface area (Å²) in [5.74, 6) is 0.208. The molecular formula is C10H14N6S. The Morgan fingerprint density at radius 1 is 1.53 bits per heavy atom. The van der Waals surface area contributed by atoms with Gasteiger partial charge in [0.1, 0.15) is 16.9 Å². The van der Waals surface area contributed by atoms with Crippen molar-refractivity contribution in [2.24, 2.45) is 5.73 Å². The molecule has 0 aliphatic rings. The van der Waals surface area contributed by atoms with E-state index in [1.807, 2.05) is 0 Å². The molecule has 0 spiro atoms. The molecule has 17 heavy (non-hydrogen) atoms. The molecule has 2 aromatic rings. The SMILES string of the molecule is CCC(CC(=N)N)Sc1ncnc2nc[nH]c12. The summed E-state index contributed by atoms with van der Waals surface area (Å²) in [5, 5.41) is 8.46. The lowest BCUT2D eigenvalue weighted by atomic mass is 10.2. The van der Waals surface area contributed by atoms with Gasteiger partial charge >= 0.3 is 0 Å². The normalized spacial score (nSPS) is 12.8. The zero-order chi connectivity index (χ0) is 12.3. The summed E-state index contributed by atoms with van der Waals surface area (Å²) in [6.45, 7) is 2.08. The summed E-state index contributed by atoms with van der Waals surface area (Å²) in [6.07, 6.45) is 4.62. The first-order chi connectivity index (χ1) is 8.20. The molecule has 0 fully saturated rings. The van der Waals surface area contributed by atoms with Crippen molar-refractivity contribution in [1.82, 2.24) is 19.9 Å². The Morgan fingerprint density at radius 3 is 3.06 bits per heavy atom. The van der Waals surface area contributed by atoms with Crippen LogP contribution in [0.3, 0.4) is 0 Å². The fraction of sp³-hybridized carbons (Fsp3) is 0.400. The number of aromatic nitrogens is 4. The highest BCUT2D eigenvalue weighted by molar-refractivity contribution is 8.00. The maximum absolute atomic E-state index is 7.34. The molecule has 0 aliphatic heterocycles. The number of nitrogens with one attached hydrogen (secondary N) is 2. The lowest BCUT2D eigenvalue weighted by molar-refractivity contribution is 0.846. The summed E-state index contributed by atoms with van der Waals surface area (Å²) in [5.41, 5.74) is 6.95. The predicted molar refractivity (Wildman–Crippen MR) is 68.2 cm³/mol. The number of rotatable bonds is 5. The molecule has 2 rings (SSSR count). The van der Waals surface area contributed by atoms with Crippen LogP contribution in [0.5, 0.6) is 0 Å². The number of hydrogen-bond acceptors (Lipinski definition) is 5. The van der Waals surface area contributed by atoms with Crippen LogP contribution in [0, 0.1) is 5.41 Å². The van der Waals surface area contributed by atoms with Crippen molar-refractivity contribution in [2.75, 3.05) is 0 Å². The molecule has 4 N–H and O–H groups in total. The van der Waals surface area contributed by atoms with Crippen molar-refractivity contribution < 1.29 is 0 Å². The van der Waals surface area contributed by atoms with Gasteiger partial charge in [-0.15, -0.1) is 11.8 Å². The topological polar surface area (TPSA) is 104 Å². The Kier molecular flexibility index (Phi) is 3.58. The van der Waals surface area contributed by atoms with Gasteiger partial charge in [-0.1, -0.05) is 6.92 Å². The predicted octanol–water partition coefficient (Wildman–Crippen LogP) is 1.55. The van der Waals surface area contributed by atoms with Crippen LogP contribution in [0.25, 0.3) is 11.2 Å². The number of H-pyrrole nitrogens is 1. The van der Waals surface area contributed by atoms with Crippen LogP contribution in [-0.4, -0.2) is 31.0 Å². The van der Waals surface area contributed by atoms with Gasteiger partial charge in [-0.25, -0.2) is 15.0 Å². The second-order valence-electron chi connectivity index (χ2n) is 3.66. The first kappa shape index (κ1) is 11.8. The summed E-state index contributed by atoms with van der Waals surface area (Å²) in [4.78, 5) is 15.4. The van der Waals surface area contributed by atoms with Gasteiger partial charge in [0.15, 0.2) is 5.65 Å². The number of thioether (sulfide) groups is 1. The molecule has 0 radical (unpaired) electrons. The largest absolute Gasteiger partial charge is 0.388 e. The van der Waals surface area contributed by atoms with E-state index in [-0.39, 0.29) is 11.1 Å². The second-order valence-corrected chi connectivity index (χ2v) is 4.95. The van der Waals surface area contributed by atoms with Gasteiger partial charge in [0.2, 0.25) is 0 Å². The van der Waals surface area contributed by atoms with Crippen molar-refractivity contribution in [3.8, 4) is 0 Å². The molecule has 0 saturated heterocycles. The van der Waals surface area contributed by atoms with Crippen LogP contribution in [0.2, 0.25) is 0 Å². The third kappa shape index (κ3) is 2.73. The monoisotopic (exact) mass is 250 g/mol. The Hall–Kier alpha value is -1.63. The molecule has 0 bridgehead atoms. The number of hydrogen-bond donors (Lipinski definition) is 3. The van der Waals surface area contributed by atoms with Crippen molar-refractivity contribution in [3.05, 3.63) is 12.7 Å². The standard InChI is InChI=1S/C10H14N6S/c1-2-6(3-7(11)12)17-10-8-9(14-4-13-8)15-5-16-10/h4-6H,2-3H2,1H3,(H3,11,12)(H,13,14,15,16). The zero-order valence-electron chi connectivity index (χ0n) is 9.47. The first-order valence-corrected chi connectivity index (χ1v) is 6.22. The van der Waals surface area contributed by atoms with Gasteiger partial charge in [0, 0.05) is 11.7 Å². The van der Waals surface area contributed by atoms with Crippen LogP contribution in [-0.2, 0) is 0 Å². The lowest BCUT2D eigenvalue weighted by Gasteiger charge is -2.12. The number of fused-ring (bicyclic) bond motifs is 1. The van der Waals surface area contributed by atoms with Gasteiger partial charge < -0.3 is 10.7 Å². The number of nitrogens with zero attached hydrogens (tertiary/aromatic N) is 3. The average Bonchev–Trinajstić information content (AvgIpc) is 2.76. The molecule has 90 valence electrons. The highest BCUT2D eigenvalue weighted by atomic mass is 32.2. The van der Waals surface area contributed by atoms with Crippen LogP contribution < -0.4 is 5.73 Å². The van der Waals surface area contributed by atoms with E-state index in [0.717, 1.165) is 17.0 Å². The third-order valence-corrected chi connectivity index (χ3v) is 3.74. The highest BCUT2D eigenvalue weighted by Gasteiger charge is 2.14. The molecule has 0 saturated carbocycles. The van der Waals surface area contributed by atoms with Crippen LogP contribution in [0.1, 0.15) is 19.8 Å². The van der Waals surface area contributed by atoms with E-state index in [1.54, 1.807) is 18.1 Å². The Balaban J connectivity index is 2.21. The summed E-state index contributed by atoms with van der Waals surface area (Å²) < 4.78 is 0. The van der Waals surface area contributed by atoms with Gasteiger partial charge in [-0.3, -0.25) is 5.41 Å². The molecule has 1 atom stereocenters. The summed E-state index contributed by atoms with van der Waals surface area (Å²) >= 11 is 1.61. The molecular weight excluding hydrogens is 236 g/mol. The fourth-order valence-corrected chi connectivity index (χ4v) is 2.63. The molecule has 6 nitrogen and oxygen atoms in total. The maximum Gasteiger partial charge on any atom is 0.181 e. The molecule has 0 amide bonds. The fourth-order valence-electron chi connectivity index (χ4n) is 1.50. The number of imidazole rings is 1. The number of amidine groups is 1. The third-order valence-electron chi connectivity index (χ3n) is 2.37. The number of aromatic amines is 1. The van der Waals surface area contributed by atoms with Crippen molar-refractivity contribution in [3.63, 3.8) is 0 Å². The van der Waals surface area contributed by atoms with Gasteiger partial charge in [-0.2, -0.15) is 0 Å². The molecule has 0 aliphatic carbocycles. The molecule has 1 unspecified atom stereocenters. The molecule has 2 aromatic heterocycles. The molecule has 7 heteroatoms.